The summed E-state index contributed by atoms with van der Waals surface area (Å²) in [7, 11) is 0. The summed E-state index contributed by atoms with van der Waals surface area (Å²) in [5.41, 5.74) is 2.59. The van der Waals surface area contributed by atoms with Gasteiger partial charge in [-0.15, -0.1) is 0 Å². The standard InChI is InChI=1S/C16H20N2O3/c19-15(20)9-14-16(21)17-7-8-18(14)10-12-3-1-2-4-13(12)11-5-6-11/h1-4,11,14H,5-10H2,(H,17,21)(H,19,20). The number of carboxylic acids is 1. The van der Waals surface area contributed by atoms with E-state index in [-0.39, 0.29) is 12.3 Å². The van der Waals surface area contributed by atoms with Crippen LogP contribution in [-0.4, -0.2) is 41.0 Å². The molecule has 3 rings (SSSR count). The van der Waals surface area contributed by atoms with E-state index in [4.69, 9.17) is 5.11 Å². The van der Waals surface area contributed by atoms with E-state index in [1.165, 1.54) is 24.0 Å². The number of amides is 1. The Labute approximate surface area is 123 Å². The van der Waals surface area contributed by atoms with Crippen molar-refractivity contribution >= 4 is 11.9 Å². The molecule has 2 aliphatic rings. The molecule has 1 amide bonds. The number of carbonyl (C=O) groups is 2. The molecule has 0 aromatic heterocycles. The summed E-state index contributed by atoms with van der Waals surface area (Å²) >= 11 is 0. The number of carbonyl (C=O) groups excluding carboxylic acids is 1. The molecule has 1 aliphatic carbocycles. The first-order valence-corrected chi connectivity index (χ1v) is 7.46. The third kappa shape index (κ3) is 3.24. The zero-order valence-electron chi connectivity index (χ0n) is 11.9. The molecule has 1 atom stereocenters. The van der Waals surface area contributed by atoms with Crippen LogP contribution in [0.15, 0.2) is 24.3 Å². The van der Waals surface area contributed by atoms with Gasteiger partial charge in [-0.2, -0.15) is 0 Å². The second kappa shape index (κ2) is 5.85. The Morgan fingerprint density at radius 2 is 2.10 bits per heavy atom. The normalized spacial score (nSPS) is 22.9. The van der Waals surface area contributed by atoms with Gasteiger partial charge in [-0.25, -0.2) is 0 Å². The van der Waals surface area contributed by atoms with E-state index in [1.807, 2.05) is 11.0 Å². The van der Waals surface area contributed by atoms with Gasteiger partial charge in [0.25, 0.3) is 0 Å². The minimum absolute atomic E-state index is 0.141. The lowest BCUT2D eigenvalue weighted by Gasteiger charge is -2.34. The first kappa shape index (κ1) is 14.1. The molecule has 1 aromatic carbocycles. The minimum atomic E-state index is -0.933. The number of rotatable bonds is 5. The molecule has 0 radical (unpaired) electrons. The van der Waals surface area contributed by atoms with Crippen LogP contribution in [0.1, 0.15) is 36.3 Å². The summed E-state index contributed by atoms with van der Waals surface area (Å²) < 4.78 is 0. The lowest BCUT2D eigenvalue weighted by molar-refractivity contribution is -0.143. The Hall–Kier alpha value is -1.88. The lowest BCUT2D eigenvalue weighted by Crippen LogP contribution is -2.55. The summed E-state index contributed by atoms with van der Waals surface area (Å²) in [4.78, 5) is 24.9. The third-order valence-corrected chi connectivity index (χ3v) is 4.26. The Kier molecular flexibility index (Phi) is 3.92. The topological polar surface area (TPSA) is 69.6 Å². The van der Waals surface area contributed by atoms with Crippen LogP contribution in [0.4, 0.5) is 0 Å². The molecule has 1 saturated heterocycles. The van der Waals surface area contributed by atoms with E-state index in [0.717, 1.165) is 0 Å². The highest BCUT2D eigenvalue weighted by molar-refractivity contribution is 5.86. The Morgan fingerprint density at radius 1 is 1.33 bits per heavy atom. The summed E-state index contributed by atoms with van der Waals surface area (Å²) in [6, 6.07) is 7.75. The number of nitrogens with one attached hydrogen (secondary N) is 1. The molecule has 1 aliphatic heterocycles. The van der Waals surface area contributed by atoms with Crippen LogP contribution in [0.5, 0.6) is 0 Å². The second-order valence-corrected chi connectivity index (χ2v) is 5.85. The minimum Gasteiger partial charge on any atom is -0.481 e. The van der Waals surface area contributed by atoms with Gasteiger partial charge in [-0.05, 0) is 29.9 Å². The molecule has 1 heterocycles. The van der Waals surface area contributed by atoms with Crippen LogP contribution in [0.25, 0.3) is 0 Å². The predicted molar refractivity (Wildman–Crippen MR) is 77.9 cm³/mol. The smallest absolute Gasteiger partial charge is 0.305 e. The van der Waals surface area contributed by atoms with E-state index in [1.54, 1.807) is 0 Å². The van der Waals surface area contributed by atoms with Crippen molar-refractivity contribution in [1.82, 2.24) is 10.2 Å². The summed E-state index contributed by atoms with van der Waals surface area (Å²) in [6.07, 6.45) is 2.32. The molecule has 1 saturated carbocycles. The molecule has 0 spiro atoms. The number of nitrogens with zero attached hydrogens (tertiary/aromatic N) is 1. The van der Waals surface area contributed by atoms with Gasteiger partial charge in [0.1, 0.15) is 6.04 Å². The number of hydrogen-bond donors (Lipinski definition) is 2. The van der Waals surface area contributed by atoms with Crippen LogP contribution < -0.4 is 5.32 Å². The number of carboxylic acid groups (broad SMARTS) is 1. The maximum atomic E-state index is 11.9. The largest absolute Gasteiger partial charge is 0.481 e. The van der Waals surface area contributed by atoms with Crippen LogP contribution in [-0.2, 0) is 16.1 Å². The zero-order chi connectivity index (χ0) is 14.8. The number of benzene rings is 1. The van der Waals surface area contributed by atoms with Gasteiger partial charge >= 0.3 is 5.97 Å². The van der Waals surface area contributed by atoms with Crippen LogP contribution in [0, 0.1) is 0 Å². The van der Waals surface area contributed by atoms with Gasteiger partial charge in [0.2, 0.25) is 5.91 Å². The molecule has 2 fully saturated rings. The van der Waals surface area contributed by atoms with Gasteiger partial charge in [0.15, 0.2) is 0 Å². The third-order valence-electron chi connectivity index (χ3n) is 4.26. The highest BCUT2D eigenvalue weighted by atomic mass is 16.4. The van der Waals surface area contributed by atoms with Gasteiger partial charge in [0.05, 0.1) is 6.42 Å². The van der Waals surface area contributed by atoms with Gasteiger partial charge < -0.3 is 10.4 Å². The predicted octanol–water partition coefficient (Wildman–Crippen LogP) is 1.34. The Bertz CT molecular complexity index is 554. The van der Waals surface area contributed by atoms with Crippen LogP contribution >= 0.6 is 0 Å². The molecule has 21 heavy (non-hydrogen) atoms. The fourth-order valence-electron chi connectivity index (χ4n) is 3.03. The fourth-order valence-corrected chi connectivity index (χ4v) is 3.03. The van der Waals surface area contributed by atoms with E-state index >= 15 is 0 Å². The zero-order valence-corrected chi connectivity index (χ0v) is 11.9. The highest BCUT2D eigenvalue weighted by Crippen LogP contribution is 2.41. The molecule has 1 unspecified atom stereocenters. The van der Waals surface area contributed by atoms with Crippen molar-refractivity contribution in [2.24, 2.45) is 0 Å². The molecular formula is C16H20N2O3. The van der Waals surface area contributed by atoms with Crippen molar-refractivity contribution in [1.29, 1.82) is 0 Å². The van der Waals surface area contributed by atoms with Crippen LogP contribution in [0.3, 0.4) is 0 Å². The molecular weight excluding hydrogens is 268 g/mol. The highest BCUT2D eigenvalue weighted by Gasteiger charge is 2.33. The van der Waals surface area contributed by atoms with Crippen molar-refractivity contribution in [3.05, 3.63) is 35.4 Å². The molecule has 0 bridgehead atoms. The van der Waals surface area contributed by atoms with Gasteiger partial charge in [-0.3, -0.25) is 14.5 Å². The summed E-state index contributed by atoms with van der Waals surface area (Å²) in [6.45, 7) is 1.93. The first-order valence-electron chi connectivity index (χ1n) is 7.46. The van der Waals surface area contributed by atoms with E-state index in [0.29, 0.717) is 25.6 Å². The fraction of sp³-hybridized carbons (Fsp3) is 0.500. The van der Waals surface area contributed by atoms with Crippen LogP contribution in [0.2, 0.25) is 0 Å². The first-order chi connectivity index (χ1) is 10.1. The molecule has 1 aromatic rings. The Morgan fingerprint density at radius 3 is 2.81 bits per heavy atom. The second-order valence-electron chi connectivity index (χ2n) is 5.85. The molecule has 112 valence electrons. The van der Waals surface area contributed by atoms with Crippen molar-refractivity contribution in [3.8, 4) is 0 Å². The quantitative estimate of drug-likeness (QED) is 0.858. The van der Waals surface area contributed by atoms with E-state index in [9.17, 15) is 9.59 Å². The average Bonchev–Trinajstić information content (AvgIpc) is 3.27. The molecule has 5 heteroatoms. The van der Waals surface area contributed by atoms with Crippen molar-refractivity contribution < 1.29 is 14.7 Å². The summed E-state index contributed by atoms with van der Waals surface area (Å²) in [5, 5.41) is 11.8. The molecule has 2 N–H and O–H groups in total. The lowest BCUT2D eigenvalue weighted by atomic mass is 10.0. The average molecular weight is 288 g/mol. The van der Waals surface area contributed by atoms with Crippen molar-refractivity contribution in [2.45, 2.75) is 37.8 Å². The van der Waals surface area contributed by atoms with Crippen molar-refractivity contribution in [2.75, 3.05) is 13.1 Å². The SMILES string of the molecule is O=C(O)CC1C(=O)NCCN1Cc1ccccc1C1CC1. The van der Waals surface area contributed by atoms with Crippen molar-refractivity contribution in [3.63, 3.8) is 0 Å². The monoisotopic (exact) mass is 288 g/mol. The summed E-state index contributed by atoms with van der Waals surface area (Å²) in [5.74, 6) is -0.456. The number of hydrogen-bond acceptors (Lipinski definition) is 3. The maximum Gasteiger partial charge on any atom is 0.305 e. The molecule has 5 nitrogen and oxygen atoms in total. The van der Waals surface area contributed by atoms with Gasteiger partial charge in [-0.1, -0.05) is 24.3 Å². The Balaban J connectivity index is 1.78. The van der Waals surface area contributed by atoms with E-state index < -0.39 is 12.0 Å². The number of piperazine rings is 1. The van der Waals surface area contributed by atoms with Gasteiger partial charge in [0, 0.05) is 19.6 Å². The maximum absolute atomic E-state index is 11.9. The van der Waals surface area contributed by atoms with E-state index in [2.05, 4.69) is 23.5 Å². The number of aliphatic carboxylic acids is 1.